The Labute approximate surface area is 153 Å². The van der Waals surface area contributed by atoms with Gasteiger partial charge in [-0.2, -0.15) is 4.98 Å². The molecular weight excluding hydrogens is 386 g/mol. The van der Waals surface area contributed by atoms with Crippen molar-refractivity contribution in [2.24, 2.45) is 0 Å². The minimum Gasteiger partial charge on any atom is -0.497 e. The van der Waals surface area contributed by atoms with Gasteiger partial charge in [-0.05, 0) is 42.0 Å². The van der Waals surface area contributed by atoms with Gasteiger partial charge in [-0.1, -0.05) is 33.2 Å². The van der Waals surface area contributed by atoms with E-state index >= 15 is 0 Å². The molecule has 0 radical (unpaired) electrons. The second-order valence-corrected chi connectivity index (χ2v) is 6.24. The van der Waals surface area contributed by atoms with E-state index in [1.54, 1.807) is 7.11 Å². The molecule has 1 heterocycles. The number of carbonyl (C=O) groups excluding carboxylic acids is 1. The summed E-state index contributed by atoms with van der Waals surface area (Å²) in [7, 11) is 1.61. The van der Waals surface area contributed by atoms with E-state index in [4.69, 9.17) is 9.26 Å². The Kier molecular flexibility index (Phi) is 5.45. The molecule has 0 aliphatic carbocycles. The number of halogens is 1. The minimum atomic E-state index is -0.109. The molecule has 128 valence electrons. The number of carbonyl (C=O) groups is 1. The summed E-state index contributed by atoms with van der Waals surface area (Å²) in [4.78, 5) is 16.3. The number of hydrogen-bond donors (Lipinski definition) is 1. The van der Waals surface area contributed by atoms with Crippen LogP contribution in [-0.4, -0.2) is 23.2 Å². The third-order valence-corrected chi connectivity index (χ3v) is 4.00. The molecule has 2 aromatic carbocycles. The van der Waals surface area contributed by atoms with Crippen LogP contribution in [0.3, 0.4) is 0 Å². The predicted molar refractivity (Wildman–Crippen MR) is 96.0 cm³/mol. The summed E-state index contributed by atoms with van der Waals surface area (Å²) in [6.45, 7) is 0.190. The highest BCUT2D eigenvalue weighted by Crippen LogP contribution is 2.19. The van der Waals surface area contributed by atoms with E-state index in [0.717, 1.165) is 21.3 Å². The lowest BCUT2D eigenvalue weighted by Gasteiger charge is -2.03. The first-order valence-electron chi connectivity index (χ1n) is 7.62. The molecular formula is C18H16BrN3O3. The zero-order valence-corrected chi connectivity index (χ0v) is 15.1. The van der Waals surface area contributed by atoms with Crippen LogP contribution in [0.2, 0.25) is 0 Å². The summed E-state index contributed by atoms with van der Waals surface area (Å²) < 4.78 is 11.2. The number of rotatable bonds is 6. The van der Waals surface area contributed by atoms with Crippen LogP contribution in [0.15, 0.2) is 57.5 Å². The number of nitrogens with one attached hydrogen (secondary N) is 1. The van der Waals surface area contributed by atoms with Crippen molar-refractivity contribution in [2.75, 3.05) is 7.11 Å². The van der Waals surface area contributed by atoms with Crippen molar-refractivity contribution < 1.29 is 14.1 Å². The number of methoxy groups -OCH3 is 1. The Morgan fingerprint density at radius 1 is 1.24 bits per heavy atom. The van der Waals surface area contributed by atoms with Crippen molar-refractivity contribution in [3.63, 3.8) is 0 Å². The third kappa shape index (κ3) is 4.67. The van der Waals surface area contributed by atoms with Crippen LogP contribution in [0.5, 0.6) is 5.75 Å². The summed E-state index contributed by atoms with van der Waals surface area (Å²) >= 11 is 3.39. The molecule has 7 heteroatoms. The summed E-state index contributed by atoms with van der Waals surface area (Å²) in [5.74, 6) is 1.47. The van der Waals surface area contributed by atoms with Gasteiger partial charge in [-0.15, -0.1) is 0 Å². The zero-order chi connectivity index (χ0) is 17.6. The monoisotopic (exact) mass is 401 g/mol. The molecule has 0 fully saturated rings. The molecule has 6 nitrogen and oxygen atoms in total. The van der Waals surface area contributed by atoms with Gasteiger partial charge in [0.2, 0.25) is 17.6 Å². The molecule has 3 rings (SSSR count). The fraction of sp³-hybridized carbons (Fsp3) is 0.167. The SMILES string of the molecule is COc1ccc(-c2noc(CNC(=O)Cc3cccc(Br)c3)n2)cc1. The van der Waals surface area contributed by atoms with Gasteiger partial charge in [0, 0.05) is 10.0 Å². The van der Waals surface area contributed by atoms with Gasteiger partial charge >= 0.3 is 0 Å². The largest absolute Gasteiger partial charge is 0.497 e. The van der Waals surface area contributed by atoms with Crippen LogP contribution in [0, 0.1) is 0 Å². The van der Waals surface area contributed by atoms with E-state index in [2.05, 4.69) is 31.4 Å². The molecule has 3 aromatic rings. The van der Waals surface area contributed by atoms with Gasteiger partial charge < -0.3 is 14.6 Å². The van der Waals surface area contributed by atoms with Gasteiger partial charge in [0.05, 0.1) is 20.1 Å². The van der Waals surface area contributed by atoms with E-state index in [-0.39, 0.29) is 12.5 Å². The molecule has 25 heavy (non-hydrogen) atoms. The van der Waals surface area contributed by atoms with Gasteiger partial charge in [-0.3, -0.25) is 4.79 Å². The lowest BCUT2D eigenvalue weighted by atomic mass is 10.1. The number of ether oxygens (including phenoxy) is 1. The van der Waals surface area contributed by atoms with Crippen molar-refractivity contribution >= 4 is 21.8 Å². The van der Waals surface area contributed by atoms with Crippen LogP contribution >= 0.6 is 15.9 Å². The van der Waals surface area contributed by atoms with E-state index < -0.39 is 0 Å². The second-order valence-electron chi connectivity index (χ2n) is 5.32. The maximum absolute atomic E-state index is 12.0. The minimum absolute atomic E-state index is 0.109. The fourth-order valence-electron chi connectivity index (χ4n) is 2.25. The highest BCUT2D eigenvalue weighted by atomic mass is 79.9. The van der Waals surface area contributed by atoms with Crippen molar-refractivity contribution in [3.8, 4) is 17.1 Å². The predicted octanol–water partition coefficient (Wildman–Crippen LogP) is 3.37. The van der Waals surface area contributed by atoms with Crippen molar-refractivity contribution in [2.45, 2.75) is 13.0 Å². The Morgan fingerprint density at radius 2 is 2.04 bits per heavy atom. The molecule has 1 N–H and O–H groups in total. The normalized spacial score (nSPS) is 10.5. The average Bonchev–Trinajstić information content (AvgIpc) is 3.09. The zero-order valence-electron chi connectivity index (χ0n) is 13.5. The van der Waals surface area contributed by atoms with E-state index in [9.17, 15) is 4.79 Å². The molecule has 0 aliphatic rings. The smallest absolute Gasteiger partial charge is 0.246 e. The number of hydrogen-bond acceptors (Lipinski definition) is 5. The first-order chi connectivity index (χ1) is 12.1. The Balaban J connectivity index is 1.56. The van der Waals surface area contributed by atoms with Crippen LogP contribution in [0.4, 0.5) is 0 Å². The highest BCUT2D eigenvalue weighted by Gasteiger charge is 2.10. The molecule has 1 amide bonds. The van der Waals surface area contributed by atoms with E-state index in [1.807, 2.05) is 48.5 Å². The molecule has 0 spiro atoms. The maximum Gasteiger partial charge on any atom is 0.246 e. The fourth-order valence-corrected chi connectivity index (χ4v) is 2.70. The second kappa shape index (κ2) is 7.94. The average molecular weight is 402 g/mol. The van der Waals surface area contributed by atoms with Gasteiger partial charge in [0.15, 0.2) is 0 Å². The van der Waals surface area contributed by atoms with Crippen LogP contribution < -0.4 is 10.1 Å². The molecule has 0 saturated carbocycles. The summed E-state index contributed by atoms with van der Waals surface area (Å²) in [5, 5.41) is 6.71. The molecule has 0 aliphatic heterocycles. The highest BCUT2D eigenvalue weighted by molar-refractivity contribution is 9.10. The molecule has 0 atom stereocenters. The Bertz CT molecular complexity index is 862. The van der Waals surface area contributed by atoms with Crippen molar-refractivity contribution in [1.29, 1.82) is 0 Å². The maximum atomic E-state index is 12.0. The first-order valence-corrected chi connectivity index (χ1v) is 8.41. The van der Waals surface area contributed by atoms with Crippen LogP contribution in [0.1, 0.15) is 11.5 Å². The number of amides is 1. The lowest BCUT2D eigenvalue weighted by molar-refractivity contribution is -0.120. The number of benzene rings is 2. The van der Waals surface area contributed by atoms with Crippen molar-refractivity contribution in [3.05, 3.63) is 64.5 Å². The van der Waals surface area contributed by atoms with E-state index in [0.29, 0.717) is 18.1 Å². The lowest BCUT2D eigenvalue weighted by Crippen LogP contribution is -2.24. The van der Waals surface area contributed by atoms with Gasteiger partial charge in [0.25, 0.3) is 0 Å². The van der Waals surface area contributed by atoms with Crippen LogP contribution in [0.25, 0.3) is 11.4 Å². The summed E-state index contributed by atoms with van der Waals surface area (Å²) in [6, 6.07) is 15.0. The summed E-state index contributed by atoms with van der Waals surface area (Å²) in [6.07, 6.45) is 0.291. The molecule has 1 aromatic heterocycles. The van der Waals surface area contributed by atoms with E-state index in [1.165, 1.54) is 0 Å². The molecule has 0 unspecified atom stereocenters. The van der Waals surface area contributed by atoms with Gasteiger partial charge in [0.1, 0.15) is 5.75 Å². The number of nitrogens with zero attached hydrogens (tertiary/aromatic N) is 2. The third-order valence-electron chi connectivity index (χ3n) is 3.51. The number of aromatic nitrogens is 2. The Hall–Kier alpha value is -2.67. The summed E-state index contributed by atoms with van der Waals surface area (Å²) in [5.41, 5.74) is 1.74. The quantitative estimate of drug-likeness (QED) is 0.684. The van der Waals surface area contributed by atoms with Crippen molar-refractivity contribution in [1.82, 2.24) is 15.5 Å². The van der Waals surface area contributed by atoms with Gasteiger partial charge in [-0.25, -0.2) is 0 Å². The first kappa shape index (κ1) is 17.2. The Morgan fingerprint density at radius 3 is 2.76 bits per heavy atom. The molecule has 0 bridgehead atoms. The van der Waals surface area contributed by atoms with Crippen LogP contribution in [-0.2, 0) is 17.8 Å². The topological polar surface area (TPSA) is 77.3 Å². The standard InChI is InChI=1S/C18H16BrN3O3/c1-24-15-7-5-13(6-8-15)18-21-17(25-22-18)11-20-16(23)10-12-3-2-4-14(19)9-12/h2-9H,10-11H2,1H3,(H,20,23). The molecule has 0 saturated heterocycles.